The Bertz CT molecular complexity index is 1560. The molecule has 3 aromatic rings. The first-order chi connectivity index (χ1) is 22.2. The van der Waals surface area contributed by atoms with Gasteiger partial charge in [0.2, 0.25) is 11.8 Å². The number of benzene rings is 3. The predicted molar refractivity (Wildman–Crippen MR) is 183 cm³/mol. The molecule has 0 spiro atoms. The van der Waals surface area contributed by atoms with Gasteiger partial charge in [0.05, 0.1) is 24.3 Å². The third-order valence-corrected chi connectivity index (χ3v) is 10.7. The van der Waals surface area contributed by atoms with E-state index in [-0.39, 0.29) is 29.1 Å². The van der Waals surface area contributed by atoms with Crippen LogP contribution in [-0.2, 0) is 26.2 Å². The molecule has 0 radical (unpaired) electrons. The minimum absolute atomic E-state index is 0.0471. The fraction of sp³-hybridized carbons (Fsp3) is 0.429. The van der Waals surface area contributed by atoms with E-state index in [1.54, 1.807) is 55.6 Å². The number of rotatable bonds is 15. The van der Waals surface area contributed by atoms with Gasteiger partial charge in [-0.05, 0) is 86.5 Å². The van der Waals surface area contributed by atoms with Crippen LogP contribution in [0, 0.1) is 0 Å². The van der Waals surface area contributed by atoms with Crippen molar-refractivity contribution in [1.82, 2.24) is 10.2 Å². The van der Waals surface area contributed by atoms with Crippen LogP contribution in [-0.4, -0.2) is 63.7 Å². The number of hydrogen-bond acceptors (Lipinski definition) is 7. The summed E-state index contributed by atoms with van der Waals surface area (Å²) in [4.78, 5) is 30.7. The molecular formula is C35H45N3O6S2. The van der Waals surface area contributed by atoms with Crippen molar-refractivity contribution >= 4 is 39.3 Å². The normalized spacial score (nSPS) is 14.3. The predicted octanol–water partition coefficient (Wildman–Crippen LogP) is 6.27. The Hall–Kier alpha value is -3.70. The molecule has 3 aromatic carbocycles. The summed E-state index contributed by atoms with van der Waals surface area (Å²) in [6, 6.07) is 19.9. The van der Waals surface area contributed by atoms with Crippen LogP contribution in [0.3, 0.4) is 0 Å². The molecule has 1 aliphatic carbocycles. The zero-order chi connectivity index (χ0) is 33.1. The lowest BCUT2D eigenvalue weighted by Gasteiger charge is -2.34. The molecule has 1 aliphatic rings. The number of sulfonamides is 1. The number of thioether (sulfide) groups is 1. The van der Waals surface area contributed by atoms with Gasteiger partial charge in [-0.25, -0.2) is 8.42 Å². The first kappa shape index (κ1) is 35.2. The van der Waals surface area contributed by atoms with E-state index in [0.717, 1.165) is 46.9 Å². The standard InChI is InChI=1S/C35H45N3O6S2/c1-5-31(35(40)36-27-14-8-7-9-15-27)37(24-26-13-12-16-28(23-26)43-3)34(39)25-38(32-17-10-11-18-33(32)44-6-2)46(41,42)30-21-19-29(45-4)20-22-30/h10-13,16-23,27,31H,5-9,14-15,24-25H2,1-4H3,(H,36,40). The van der Waals surface area contributed by atoms with Gasteiger partial charge in [0.15, 0.2) is 0 Å². The highest BCUT2D eigenvalue weighted by Gasteiger charge is 2.35. The van der Waals surface area contributed by atoms with Crippen molar-refractivity contribution in [3.8, 4) is 11.5 Å². The third-order valence-electron chi connectivity index (χ3n) is 8.18. The second kappa shape index (κ2) is 16.7. The van der Waals surface area contributed by atoms with Gasteiger partial charge < -0.3 is 19.7 Å². The molecule has 4 rings (SSSR count). The third kappa shape index (κ3) is 8.76. The van der Waals surface area contributed by atoms with Gasteiger partial charge in [0.25, 0.3) is 10.0 Å². The summed E-state index contributed by atoms with van der Waals surface area (Å²) in [7, 11) is -2.66. The molecule has 0 aromatic heterocycles. The molecule has 1 unspecified atom stereocenters. The number of hydrogen-bond donors (Lipinski definition) is 1. The van der Waals surface area contributed by atoms with Crippen molar-refractivity contribution in [2.45, 2.75) is 80.8 Å². The van der Waals surface area contributed by atoms with Gasteiger partial charge in [0.1, 0.15) is 24.1 Å². The van der Waals surface area contributed by atoms with Gasteiger partial charge in [-0.1, -0.05) is 50.5 Å². The average Bonchev–Trinajstić information content (AvgIpc) is 3.08. The van der Waals surface area contributed by atoms with E-state index in [9.17, 15) is 18.0 Å². The van der Waals surface area contributed by atoms with Crippen molar-refractivity contribution < 1.29 is 27.5 Å². The topological polar surface area (TPSA) is 105 Å². The van der Waals surface area contributed by atoms with Crippen molar-refractivity contribution in [3.05, 3.63) is 78.4 Å². The van der Waals surface area contributed by atoms with E-state index in [0.29, 0.717) is 24.5 Å². The zero-order valence-electron chi connectivity index (χ0n) is 27.1. The first-order valence-corrected chi connectivity index (χ1v) is 18.5. The summed E-state index contributed by atoms with van der Waals surface area (Å²) in [5.74, 6) is 0.211. The molecule has 0 saturated heterocycles. The quantitative estimate of drug-likeness (QED) is 0.191. The number of amides is 2. The lowest BCUT2D eigenvalue weighted by Crippen LogP contribution is -2.54. The number of carbonyl (C=O) groups is 2. The van der Waals surface area contributed by atoms with Crippen molar-refractivity contribution in [2.75, 3.05) is 30.8 Å². The van der Waals surface area contributed by atoms with Crippen LogP contribution in [0.5, 0.6) is 11.5 Å². The van der Waals surface area contributed by atoms with Crippen molar-refractivity contribution in [2.24, 2.45) is 0 Å². The van der Waals surface area contributed by atoms with Crippen LogP contribution in [0.4, 0.5) is 5.69 Å². The van der Waals surface area contributed by atoms with Crippen LogP contribution in [0.1, 0.15) is 57.9 Å². The number of nitrogens with one attached hydrogen (secondary N) is 1. The summed E-state index contributed by atoms with van der Waals surface area (Å²) in [5, 5.41) is 3.18. The zero-order valence-corrected chi connectivity index (χ0v) is 28.7. The summed E-state index contributed by atoms with van der Waals surface area (Å²) in [5.41, 5.74) is 1.00. The van der Waals surface area contributed by atoms with Crippen LogP contribution in [0.2, 0.25) is 0 Å². The molecule has 1 atom stereocenters. The molecule has 9 nitrogen and oxygen atoms in total. The van der Waals surface area contributed by atoms with Crippen molar-refractivity contribution in [1.29, 1.82) is 0 Å². The smallest absolute Gasteiger partial charge is 0.264 e. The number of nitrogens with zero attached hydrogens (tertiary/aromatic N) is 2. The number of ether oxygens (including phenoxy) is 2. The monoisotopic (exact) mass is 667 g/mol. The summed E-state index contributed by atoms with van der Waals surface area (Å²) in [6.45, 7) is 3.55. The first-order valence-electron chi connectivity index (χ1n) is 15.8. The van der Waals surface area contributed by atoms with Crippen LogP contribution < -0.4 is 19.1 Å². The van der Waals surface area contributed by atoms with E-state index in [4.69, 9.17) is 9.47 Å². The molecule has 11 heteroatoms. The minimum Gasteiger partial charge on any atom is -0.497 e. The van der Waals surface area contributed by atoms with Gasteiger partial charge in [-0.2, -0.15) is 0 Å². The Morgan fingerprint density at radius 3 is 2.35 bits per heavy atom. The van der Waals surface area contributed by atoms with E-state index < -0.39 is 28.5 Å². The number of methoxy groups -OCH3 is 1. The van der Waals surface area contributed by atoms with Crippen LogP contribution >= 0.6 is 11.8 Å². The maximum atomic E-state index is 14.5. The molecule has 1 N–H and O–H groups in total. The summed E-state index contributed by atoms with van der Waals surface area (Å²) < 4.78 is 41.0. The molecule has 0 heterocycles. The maximum Gasteiger partial charge on any atom is 0.264 e. The van der Waals surface area contributed by atoms with E-state index >= 15 is 0 Å². The van der Waals surface area contributed by atoms with Gasteiger partial charge in [-0.15, -0.1) is 11.8 Å². The lowest BCUT2D eigenvalue weighted by molar-refractivity contribution is -0.140. The van der Waals surface area contributed by atoms with E-state index in [2.05, 4.69) is 5.32 Å². The highest BCUT2D eigenvalue weighted by Crippen LogP contribution is 2.33. The molecule has 1 saturated carbocycles. The largest absolute Gasteiger partial charge is 0.497 e. The lowest BCUT2D eigenvalue weighted by atomic mass is 9.95. The number of para-hydroxylation sites is 2. The molecule has 46 heavy (non-hydrogen) atoms. The molecule has 0 aliphatic heterocycles. The average molecular weight is 668 g/mol. The fourth-order valence-electron chi connectivity index (χ4n) is 5.76. The Kier molecular flexibility index (Phi) is 12.8. The molecule has 0 bridgehead atoms. The highest BCUT2D eigenvalue weighted by molar-refractivity contribution is 7.98. The number of anilines is 1. The molecule has 248 valence electrons. The highest BCUT2D eigenvalue weighted by atomic mass is 32.2. The second-order valence-corrected chi connectivity index (χ2v) is 14.0. The minimum atomic E-state index is -4.23. The van der Waals surface area contributed by atoms with Crippen LogP contribution in [0.15, 0.2) is 82.6 Å². The van der Waals surface area contributed by atoms with E-state index in [1.807, 2.05) is 44.4 Å². The van der Waals surface area contributed by atoms with Crippen LogP contribution in [0.25, 0.3) is 0 Å². The Morgan fingerprint density at radius 2 is 1.70 bits per heavy atom. The van der Waals surface area contributed by atoms with E-state index in [1.165, 1.54) is 16.7 Å². The van der Waals surface area contributed by atoms with Crippen molar-refractivity contribution in [3.63, 3.8) is 0 Å². The fourth-order valence-corrected chi connectivity index (χ4v) is 7.59. The number of carbonyl (C=O) groups excluding carboxylic acids is 2. The summed E-state index contributed by atoms with van der Waals surface area (Å²) in [6.07, 6.45) is 7.34. The Morgan fingerprint density at radius 1 is 0.978 bits per heavy atom. The second-order valence-electron chi connectivity index (χ2n) is 11.2. The summed E-state index contributed by atoms with van der Waals surface area (Å²) >= 11 is 1.50. The molecule has 1 fully saturated rings. The molecule has 2 amide bonds. The van der Waals surface area contributed by atoms with Gasteiger partial charge in [0, 0.05) is 17.5 Å². The molecular weight excluding hydrogens is 623 g/mol. The Balaban J connectivity index is 1.75. The SMILES string of the molecule is CCOc1ccccc1N(CC(=O)N(Cc1cccc(OC)c1)C(CC)C(=O)NC1CCCCC1)S(=O)(=O)c1ccc(SC)cc1. The van der Waals surface area contributed by atoms with Gasteiger partial charge >= 0.3 is 0 Å². The maximum absolute atomic E-state index is 14.5. The Labute approximate surface area is 277 Å². The van der Waals surface area contributed by atoms with Gasteiger partial charge in [-0.3, -0.25) is 13.9 Å².